The first kappa shape index (κ1) is 20.0. The van der Waals surface area contributed by atoms with Crippen LogP contribution in [0.15, 0.2) is 4.99 Å². The van der Waals surface area contributed by atoms with E-state index in [0.29, 0.717) is 37.6 Å². The number of carbonyl (C=O) groups is 2. The second-order valence-corrected chi connectivity index (χ2v) is 6.34. The van der Waals surface area contributed by atoms with E-state index in [1.54, 1.807) is 11.9 Å². The van der Waals surface area contributed by atoms with Crippen LogP contribution < -0.4 is 0 Å². The number of hydrogen-bond acceptors (Lipinski definition) is 5. The van der Waals surface area contributed by atoms with Gasteiger partial charge in [0.05, 0.1) is 13.2 Å². The third kappa shape index (κ3) is 8.75. The van der Waals surface area contributed by atoms with E-state index in [1.807, 2.05) is 20.8 Å². The molecule has 0 saturated heterocycles. The van der Waals surface area contributed by atoms with Crippen molar-refractivity contribution in [2.24, 2.45) is 4.99 Å². The lowest BCUT2D eigenvalue weighted by atomic mass is 10.0. The molecule has 0 bridgehead atoms. The molecule has 0 atom stereocenters. The lowest BCUT2D eigenvalue weighted by molar-refractivity contribution is -0.135. The van der Waals surface area contributed by atoms with Gasteiger partial charge in [-0.2, -0.15) is 12.6 Å². The maximum atomic E-state index is 12.3. The molecule has 1 amide bonds. The van der Waals surface area contributed by atoms with Gasteiger partial charge in [0.1, 0.15) is 5.78 Å². The molecule has 0 spiro atoms. The summed E-state index contributed by atoms with van der Waals surface area (Å²) in [6.07, 6.45) is 1.56. The molecule has 0 aliphatic rings. The number of Topliss-reactive ketones (excluding diaryl/α,β-unsaturated/α-hetero) is 1. The molecule has 0 radical (unpaired) electrons. The minimum Gasteiger partial charge on any atom is -0.479 e. The van der Waals surface area contributed by atoms with E-state index >= 15 is 0 Å². The van der Waals surface area contributed by atoms with Crippen LogP contribution in [0.5, 0.6) is 0 Å². The fourth-order valence-electron chi connectivity index (χ4n) is 1.69. The molecule has 0 rings (SSSR count). The Kier molecular flexibility index (Phi) is 9.33. The van der Waals surface area contributed by atoms with Crippen molar-refractivity contribution in [1.29, 1.82) is 0 Å². The first-order chi connectivity index (χ1) is 9.72. The fraction of sp³-hybridized carbons (Fsp3) is 0.800. The smallest absolute Gasteiger partial charge is 0.223 e. The van der Waals surface area contributed by atoms with Crippen molar-refractivity contribution >= 4 is 30.2 Å². The minimum atomic E-state index is -0.312. The topological polar surface area (TPSA) is 59.0 Å². The molecule has 0 aromatic carbocycles. The summed E-state index contributed by atoms with van der Waals surface area (Å²) < 4.78 is 5.50. The number of thiol groups is 1. The molecule has 0 unspecified atom stereocenters. The summed E-state index contributed by atoms with van der Waals surface area (Å²) in [5.74, 6) is 1.30. The van der Waals surface area contributed by atoms with Gasteiger partial charge in [-0.05, 0) is 39.9 Å². The summed E-state index contributed by atoms with van der Waals surface area (Å²) in [7, 11) is 1.63. The molecular weight excluding hydrogens is 288 g/mol. The lowest BCUT2D eigenvalue weighted by Gasteiger charge is -2.36. The van der Waals surface area contributed by atoms with Crippen molar-refractivity contribution in [2.75, 3.05) is 26.0 Å². The average Bonchev–Trinajstić information content (AvgIpc) is 2.38. The van der Waals surface area contributed by atoms with Crippen LogP contribution in [-0.2, 0) is 14.3 Å². The molecule has 122 valence electrons. The number of ether oxygens (including phenoxy) is 1. The highest BCUT2D eigenvalue weighted by Gasteiger charge is 2.27. The standard InChI is InChI=1S/C15H28N2O3S/c1-12(18)8-9-20-13(16-5)11-17(15(2,3)4)14(19)7-6-10-21/h21H,6-11H2,1-5H3. The number of ketones is 1. The average molecular weight is 316 g/mol. The number of hydrogen-bond donors (Lipinski definition) is 1. The maximum absolute atomic E-state index is 12.3. The molecule has 0 fully saturated rings. The van der Waals surface area contributed by atoms with Gasteiger partial charge in [-0.25, -0.2) is 0 Å². The van der Waals surface area contributed by atoms with Crippen LogP contribution in [0.25, 0.3) is 0 Å². The lowest BCUT2D eigenvalue weighted by Crippen LogP contribution is -2.48. The number of amides is 1. The monoisotopic (exact) mass is 316 g/mol. The van der Waals surface area contributed by atoms with Gasteiger partial charge in [-0.15, -0.1) is 0 Å². The van der Waals surface area contributed by atoms with Gasteiger partial charge in [0.25, 0.3) is 0 Å². The Balaban J connectivity index is 4.70. The molecule has 0 aromatic rings. The van der Waals surface area contributed by atoms with Gasteiger partial charge >= 0.3 is 0 Å². The fourth-order valence-corrected chi connectivity index (χ4v) is 1.85. The zero-order chi connectivity index (χ0) is 16.5. The second kappa shape index (κ2) is 9.82. The zero-order valence-corrected chi connectivity index (χ0v) is 14.7. The van der Waals surface area contributed by atoms with E-state index < -0.39 is 0 Å². The molecule has 0 saturated carbocycles. The highest BCUT2D eigenvalue weighted by atomic mass is 32.1. The number of carbonyl (C=O) groups excluding carboxylic acids is 2. The quantitative estimate of drug-likeness (QED) is 0.425. The summed E-state index contributed by atoms with van der Waals surface area (Å²) in [5.41, 5.74) is -0.312. The highest BCUT2D eigenvalue weighted by molar-refractivity contribution is 7.80. The van der Waals surface area contributed by atoms with Crippen molar-refractivity contribution in [3.05, 3.63) is 0 Å². The van der Waals surface area contributed by atoms with Crippen molar-refractivity contribution in [1.82, 2.24) is 4.90 Å². The number of nitrogens with zero attached hydrogens (tertiary/aromatic N) is 2. The second-order valence-electron chi connectivity index (χ2n) is 5.90. The first-order valence-electron chi connectivity index (χ1n) is 7.21. The van der Waals surface area contributed by atoms with E-state index in [1.165, 1.54) is 6.92 Å². The van der Waals surface area contributed by atoms with Crippen LogP contribution in [-0.4, -0.2) is 54.0 Å². The normalized spacial score (nSPS) is 12.2. The molecule has 0 N–H and O–H groups in total. The van der Waals surface area contributed by atoms with E-state index in [9.17, 15) is 9.59 Å². The molecule has 21 heavy (non-hydrogen) atoms. The van der Waals surface area contributed by atoms with E-state index in [4.69, 9.17) is 4.74 Å². The largest absolute Gasteiger partial charge is 0.479 e. The van der Waals surface area contributed by atoms with Crippen molar-refractivity contribution < 1.29 is 14.3 Å². The van der Waals surface area contributed by atoms with Crippen molar-refractivity contribution in [3.8, 4) is 0 Å². The molecule has 0 aliphatic carbocycles. The van der Waals surface area contributed by atoms with Crippen LogP contribution in [0, 0.1) is 0 Å². The van der Waals surface area contributed by atoms with Gasteiger partial charge in [0, 0.05) is 25.4 Å². The van der Waals surface area contributed by atoms with Crippen LogP contribution >= 0.6 is 12.6 Å². The minimum absolute atomic E-state index is 0.0628. The summed E-state index contributed by atoms with van der Waals surface area (Å²) in [6, 6.07) is 0. The van der Waals surface area contributed by atoms with Crippen LogP contribution in [0.4, 0.5) is 0 Å². The number of rotatable bonds is 8. The van der Waals surface area contributed by atoms with Gasteiger partial charge in [-0.1, -0.05) is 0 Å². The zero-order valence-electron chi connectivity index (χ0n) is 13.8. The Labute approximate surface area is 133 Å². The molecule has 6 heteroatoms. The third-order valence-corrected chi connectivity index (χ3v) is 3.24. The molecule has 5 nitrogen and oxygen atoms in total. The number of aliphatic imine (C=N–C) groups is 1. The van der Waals surface area contributed by atoms with Gasteiger partial charge in [0.15, 0.2) is 0 Å². The van der Waals surface area contributed by atoms with Crippen LogP contribution in [0.3, 0.4) is 0 Å². The van der Waals surface area contributed by atoms with Gasteiger partial charge in [0.2, 0.25) is 11.8 Å². The first-order valence-corrected chi connectivity index (χ1v) is 7.84. The summed E-state index contributed by atoms with van der Waals surface area (Å²) in [5, 5.41) is 0. The summed E-state index contributed by atoms with van der Waals surface area (Å²) in [6.45, 7) is 8.08. The Morgan fingerprint density at radius 1 is 1.24 bits per heavy atom. The van der Waals surface area contributed by atoms with Gasteiger partial charge < -0.3 is 9.64 Å². The Hall–Kier alpha value is -1.04. The van der Waals surface area contributed by atoms with Crippen LogP contribution in [0.2, 0.25) is 0 Å². The Bertz CT molecular complexity index is 376. The highest BCUT2D eigenvalue weighted by Crippen LogP contribution is 2.16. The summed E-state index contributed by atoms with van der Waals surface area (Å²) >= 11 is 4.14. The predicted molar refractivity (Wildman–Crippen MR) is 89.2 cm³/mol. The Morgan fingerprint density at radius 3 is 2.29 bits per heavy atom. The van der Waals surface area contributed by atoms with Crippen LogP contribution in [0.1, 0.15) is 47.0 Å². The Morgan fingerprint density at radius 2 is 1.86 bits per heavy atom. The SMILES string of the molecule is CN=C(CN(C(=O)CCCS)C(C)(C)C)OCCC(C)=O. The maximum Gasteiger partial charge on any atom is 0.223 e. The van der Waals surface area contributed by atoms with Crippen molar-refractivity contribution in [2.45, 2.75) is 52.5 Å². The summed E-state index contributed by atoms with van der Waals surface area (Å²) in [4.78, 5) is 29.1. The molecule has 0 aliphatic heterocycles. The molecular formula is C15H28N2O3S. The van der Waals surface area contributed by atoms with E-state index in [-0.39, 0.29) is 17.2 Å². The molecule has 0 aromatic heterocycles. The van der Waals surface area contributed by atoms with Gasteiger partial charge in [-0.3, -0.25) is 14.6 Å². The predicted octanol–water partition coefficient (Wildman–Crippen LogP) is 2.35. The van der Waals surface area contributed by atoms with E-state index in [2.05, 4.69) is 17.6 Å². The molecule has 0 heterocycles. The third-order valence-electron chi connectivity index (χ3n) is 2.93. The van der Waals surface area contributed by atoms with E-state index in [0.717, 1.165) is 6.42 Å². The van der Waals surface area contributed by atoms with Crippen molar-refractivity contribution in [3.63, 3.8) is 0 Å².